The molecule has 0 aliphatic carbocycles. The summed E-state index contributed by atoms with van der Waals surface area (Å²) in [4.78, 5) is 20.9. The zero-order valence-corrected chi connectivity index (χ0v) is 16.0. The summed E-state index contributed by atoms with van der Waals surface area (Å²) in [7, 11) is 1.62. The quantitative estimate of drug-likeness (QED) is 0.660. The molecule has 1 aliphatic rings. The monoisotopic (exact) mass is 396 g/mol. The van der Waals surface area contributed by atoms with E-state index in [1.165, 1.54) is 24.3 Å². The van der Waals surface area contributed by atoms with Gasteiger partial charge in [0.15, 0.2) is 0 Å². The smallest absolute Gasteiger partial charge is 0.253 e. The number of aromatic nitrogens is 2. The van der Waals surface area contributed by atoms with Crippen molar-refractivity contribution in [1.82, 2.24) is 19.9 Å². The number of hydrogen-bond acceptors (Lipinski definition) is 6. The third-order valence-electron chi connectivity index (χ3n) is 4.93. The fourth-order valence-corrected chi connectivity index (χ4v) is 3.25. The van der Waals surface area contributed by atoms with E-state index in [0.717, 1.165) is 11.3 Å². The van der Waals surface area contributed by atoms with E-state index < -0.39 is 0 Å². The molecule has 0 N–H and O–H groups in total. The highest BCUT2D eigenvalue weighted by atomic mass is 19.1. The van der Waals surface area contributed by atoms with Gasteiger partial charge in [-0.15, -0.1) is 0 Å². The third kappa shape index (κ3) is 4.43. The molecule has 0 unspecified atom stereocenters. The number of carbonyl (C=O) groups excluding carboxylic acids is 1. The lowest BCUT2D eigenvalue weighted by atomic mass is 10.2. The fraction of sp³-hybridized carbons (Fsp3) is 0.286. The predicted octanol–water partition coefficient (Wildman–Crippen LogP) is 2.84. The molecule has 4 rings (SSSR count). The number of carbonyl (C=O) groups is 1. The summed E-state index contributed by atoms with van der Waals surface area (Å²) in [6.45, 7) is 3.12. The normalized spacial score (nSPS) is 14.8. The van der Waals surface area contributed by atoms with E-state index in [1.54, 1.807) is 12.0 Å². The maximum atomic E-state index is 13.0. The van der Waals surface area contributed by atoms with Gasteiger partial charge >= 0.3 is 0 Å². The zero-order chi connectivity index (χ0) is 20.2. The van der Waals surface area contributed by atoms with Crippen molar-refractivity contribution in [3.8, 4) is 17.1 Å². The Kier molecular flexibility index (Phi) is 5.53. The Morgan fingerprint density at radius 1 is 1.07 bits per heavy atom. The zero-order valence-electron chi connectivity index (χ0n) is 16.0. The first-order valence-corrected chi connectivity index (χ1v) is 9.36. The van der Waals surface area contributed by atoms with Crippen LogP contribution in [0, 0.1) is 5.82 Å². The first kappa shape index (κ1) is 19.1. The van der Waals surface area contributed by atoms with E-state index in [0.29, 0.717) is 50.0 Å². The molecule has 0 atom stereocenters. The predicted molar refractivity (Wildman–Crippen MR) is 104 cm³/mol. The molecule has 2 aromatic carbocycles. The average molecular weight is 396 g/mol. The van der Waals surface area contributed by atoms with Crippen LogP contribution in [-0.2, 0) is 6.54 Å². The summed E-state index contributed by atoms with van der Waals surface area (Å²) < 4.78 is 23.6. The molecule has 8 heteroatoms. The highest BCUT2D eigenvalue weighted by molar-refractivity contribution is 5.94. The van der Waals surface area contributed by atoms with Crippen molar-refractivity contribution < 1.29 is 18.4 Å². The molecular weight excluding hydrogens is 375 g/mol. The Bertz CT molecular complexity index is 964. The molecule has 1 fully saturated rings. The van der Waals surface area contributed by atoms with Crippen LogP contribution in [-0.4, -0.2) is 59.1 Å². The molecule has 1 saturated heterocycles. The van der Waals surface area contributed by atoms with Gasteiger partial charge in [0.2, 0.25) is 11.7 Å². The second-order valence-electron chi connectivity index (χ2n) is 6.82. The Labute approximate surface area is 167 Å². The minimum atomic E-state index is -0.347. The van der Waals surface area contributed by atoms with E-state index in [-0.39, 0.29) is 11.7 Å². The van der Waals surface area contributed by atoms with Gasteiger partial charge in [-0.2, -0.15) is 4.98 Å². The Balaban J connectivity index is 1.32. The molecular formula is C21H21FN4O3. The van der Waals surface area contributed by atoms with Crippen LogP contribution in [0.2, 0.25) is 0 Å². The largest absolute Gasteiger partial charge is 0.497 e. The van der Waals surface area contributed by atoms with Crippen molar-refractivity contribution >= 4 is 5.91 Å². The second-order valence-corrected chi connectivity index (χ2v) is 6.82. The minimum Gasteiger partial charge on any atom is -0.497 e. The van der Waals surface area contributed by atoms with Crippen molar-refractivity contribution in [3.05, 3.63) is 65.8 Å². The van der Waals surface area contributed by atoms with Crippen LogP contribution in [0.3, 0.4) is 0 Å². The van der Waals surface area contributed by atoms with Gasteiger partial charge in [-0.05, 0) is 48.5 Å². The molecule has 29 heavy (non-hydrogen) atoms. The van der Waals surface area contributed by atoms with Crippen molar-refractivity contribution in [1.29, 1.82) is 0 Å². The second kappa shape index (κ2) is 8.40. The van der Waals surface area contributed by atoms with Gasteiger partial charge in [0.1, 0.15) is 11.6 Å². The van der Waals surface area contributed by atoms with Gasteiger partial charge in [-0.1, -0.05) is 5.16 Å². The van der Waals surface area contributed by atoms with E-state index in [2.05, 4.69) is 15.0 Å². The van der Waals surface area contributed by atoms with Crippen LogP contribution in [0.4, 0.5) is 4.39 Å². The molecule has 0 bridgehead atoms. The number of piperazine rings is 1. The van der Waals surface area contributed by atoms with Crippen molar-refractivity contribution in [2.45, 2.75) is 6.54 Å². The maximum absolute atomic E-state index is 13.0. The highest BCUT2D eigenvalue weighted by Gasteiger charge is 2.23. The summed E-state index contributed by atoms with van der Waals surface area (Å²) >= 11 is 0. The van der Waals surface area contributed by atoms with Gasteiger partial charge in [0.25, 0.3) is 5.91 Å². The summed E-state index contributed by atoms with van der Waals surface area (Å²) in [5, 5.41) is 4.05. The molecule has 1 amide bonds. The first-order valence-electron chi connectivity index (χ1n) is 9.36. The van der Waals surface area contributed by atoms with Gasteiger partial charge in [-0.25, -0.2) is 4.39 Å². The lowest BCUT2D eigenvalue weighted by molar-refractivity contribution is 0.0615. The van der Waals surface area contributed by atoms with E-state index in [9.17, 15) is 9.18 Å². The molecule has 7 nitrogen and oxygen atoms in total. The summed E-state index contributed by atoms with van der Waals surface area (Å²) in [5.74, 6) is 1.41. The number of amides is 1. The van der Waals surface area contributed by atoms with Crippen LogP contribution in [0.1, 0.15) is 16.2 Å². The van der Waals surface area contributed by atoms with Gasteiger partial charge in [0.05, 0.1) is 13.7 Å². The molecule has 1 aromatic heterocycles. The number of halogens is 1. The van der Waals surface area contributed by atoms with Gasteiger partial charge < -0.3 is 14.2 Å². The number of ether oxygens (including phenoxy) is 1. The average Bonchev–Trinajstić information content (AvgIpc) is 3.23. The number of benzene rings is 2. The SMILES string of the molecule is COc1ccc(-c2noc(CN3CCN(C(=O)c4ccc(F)cc4)CC3)n2)cc1. The van der Waals surface area contributed by atoms with Gasteiger partial charge in [0, 0.05) is 37.3 Å². The fourth-order valence-electron chi connectivity index (χ4n) is 3.25. The van der Waals surface area contributed by atoms with Crippen molar-refractivity contribution in [2.75, 3.05) is 33.3 Å². The van der Waals surface area contributed by atoms with Crippen LogP contribution < -0.4 is 4.74 Å². The topological polar surface area (TPSA) is 71.7 Å². The van der Waals surface area contributed by atoms with Crippen LogP contribution >= 0.6 is 0 Å². The van der Waals surface area contributed by atoms with Crippen LogP contribution in [0.5, 0.6) is 5.75 Å². The highest BCUT2D eigenvalue weighted by Crippen LogP contribution is 2.20. The van der Waals surface area contributed by atoms with E-state index >= 15 is 0 Å². The third-order valence-corrected chi connectivity index (χ3v) is 4.93. The summed E-state index contributed by atoms with van der Waals surface area (Å²) in [5.41, 5.74) is 1.36. The van der Waals surface area contributed by atoms with Crippen molar-refractivity contribution in [2.24, 2.45) is 0 Å². The van der Waals surface area contributed by atoms with Crippen LogP contribution in [0.15, 0.2) is 53.1 Å². The van der Waals surface area contributed by atoms with Gasteiger partial charge in [-0.3, -0.25) is 9.69 Å². The molecule has 0 spiro atoms. The van der Waals surface area contributed by atoms with E-state index in [4.69, 9.17) is 9.26 Å². The standard InChI is InChI=1S/C21H21FN4O3/c1-28-18-8-4-15(5-9-18)20-23-19(29-24-20)14-25-10-12-26(13-11-25)21(27)16-2-6-17(22)7-3-16/h2-9H,10-14H2,1H3. The molecule has 2 heterocycles. The number of hydrogen-bond donors (Lipinski definition) is 0. The first-order chi connectivity index (χ1) is 14.1. The number of nitrogens with zero attached hydrogens (tertiary/aromatic N) is 4. The van der Waals surface area contributed by atoms with E-state index in [1.807, 2.05) is 24.3 Å². The Hall–Kier alpha value is -3.26. The maximum Gasteiger partial charge on any atom is 0.253 e. The lowest BCUT2D eigenvalue weighted by Crippen LogP contribution is -2.48. The molecule has 3 aromatic rings. The molecule has 1 aliphatic heterocycles. The number of rotatable bonds is 5. The molecule has 0 saturated carbocycles. The minimum absolute atomic E-state index is 0.0794. The number of methoxy groups -OCH3 is 1. The summed E-state index contributed by atoms with van der Waals surface area (Å²) in [6.07, 6.45) is 0. The molecule has 0 radical (unpaired) electrons. The van der Waals surface area contributed by atoms with Crippen LogP contribution in [0.25, 0.3) is 11.4 Å². The Morgan fingerprint density at radius 3 is 2.41 bits per heavy atom. The Morgan fingerprint density at radius 2 is 1.76 bits per heavy atom. The molecule has 150 valence electrons. The lowest BCUT2D eigenvalue weighted by Gasteiger charge is -2.34. The summed E-state index contributed by atoms with van der Waals surface area (Å²) in [6, 6.07) is 13.1. The van der Waals surface area contributed by atoms with Crippen molar-refractivity contribution in [3.63, 3.8) is 0 Å².